The molecule has 0 spiro atoms. The van der Waals surface area contributed by atoms with Gasteiger partial charge in [-0.25, -0.2) is 9.78 Å². The van der Waals surface area contributed by atoms with Gasteiger partial charge in [-0.15, -0.1) is 11.3 Å². The number of carbonyl (C=O) groups is 2. The number of anilines is 1. The van der Waals surface area contributed by atoms with Crippen LogP contribution in [-0.4, -0.2) is 53.0 Å². The van der Waals surface area contributed by atoms with Gasteiger partial charge in [0.1, 0.15) is 10.9 Å². The Balaban J connectivity index is 1.81. The van der Waals surface area contributed by atoms with Crippen molar-refractivity contribution in [1.29, 1.82) is 0 Å². The van der Waals surface area contributed by atoms with E-state index in [9.17, 15) is 9.59 Å². The largest absolute Gasteiger partial charge is 0.480 e. The van der Waals surface area contributed by atoms with E-state index in [1.807, 2.05) is 6.07 Å². The fourth-order valence-corrected chi connectivity index (χ4v) is 4.63. The van der Waals surface area contributed by atoms with Crippen LogP contribution in [0.3, 0.4) is 0 Å². The first-order valence-electron chi connectivity index (χ1n) is 7.12. The highest BCUT2D eigenvalue weighted by molar-refractivity contribution is 7.29. The SMILES string of the molecule is CC(C(=O)O)N(C)C(=O)c1cc2sc(N3CCCC3)nc2s1. The molecule has 22 heavy (non-hydrogen) atoms. The Kier molecular flexibility index (Phi) is 4.05. The maximum Gasteiger partial charge on any atom is 0.326 e. The predicted molar refractivity (Wildman–Crippen MR) is 88.1 cm³/mol. The molecule has 1 aliphatic heterocycles. The zero-order chi connectivity index (χ0) is 15.9. The molecule has 1 amide bonds. The number of thiophene rings is 1. The maximum atomic E-state index is 12.3. The van der Waals surface area contributed by atoms with Crippen LogP contribution in [0.1, 0.15) is 29.4 Å². The Morgan fingerprint density at radius 1 is 1.36 bits per heavy atom. The van der Waals surface area contributed by atoms with Gasteiger partial charge in [-0.05, 0) is 25.8 Å². The molecule has 0 saturated carbocycles. The van der Waals surface area contributed by atoms with Gasteiger partial charge >= 0.3 is 5.97 Å². The summed E-state index contributed by atoms with van der Waals surface area (Å²) in [4.78, 5) is 32.9. The Labute approximate surface area is 136 Å². The number of carboxylic acids is 1. The van der Waals surface area contributed by atoms with E-state index in [-0.39, 0.29) is 5.91 Å². The second-order valence-corrected chi connectivity index (χ2v) is 7.44. The average Bonchev–Trinajstić information content (AvgIpc) is 3.18. The van der Waals surface area contributed by atoms with Gasteiger partial charge in [0.2, 0.25) is 0 Å². The lowest BCUT2D eigenvalue weighted by Crippen LogP contribution is -2.39. The van der Waals surface area contributed by atoms with Crippen LogP contribution >= 0.6 is 22.7 Å². The third-order valence-corrected chi connectivity index (χ3v) is 6.13. The van der Waals surface area contributed by atoms with Gasteiger partial charge in [-0.1, -0.05) is 11.3 Å². The van der Waals surface area contributed by atoms with Crippen molar-refractivity contribution in [3.63, 3.8) is 0 Å². The minimum atomic E-state index is -1.01. The summed E-state index contributed by atoms with van der Waals surface area (Å²) < 4.78 is 0.992. The van der Waals surface area contributed by atoms with Gasteiger partial charge in [0.15, 0.2) is 5.13 Å². The normalized spacial score (nSPS) is 16.2. The Morgan fingerprint density at radius 3 is 2.64 bits per heavy atom. The number of hydrogen-bond acceptors (Lipinski definition) is 6. The lowest BCUT2D eigenvalue weighted by Gasteiger charge is -2.20. The summed E-state index contributed by atoms with van der Waals surface area (Å²) in [5.74, 6) is -1.28. The molecular formula is C14H17N3O3S2. The number of thiazole rings is 1. The second kappa shape index (κ2) is 5.85. The highest BCUT2D eigenvalue weighted by Gasteiger charge is 2.25. The third kappa shape index (κ3) is 2.68. The first kappa shape index (κ1) is 15.2. The van der Waals surface area contributed by atoms with E-state index < -0.39 is 12.0 Å². The lowest BCUT2D eigenvalue weighted by molar-refractivity contribution is -0.141. The monoisotopic (exact) mass is 339 g/mol. The van der Waals surface area contributed by atoms with E-state index in [0.29, 0.717) is 4.88 Å². The molecule has 6 nitrogen and oxygen atoms in total. The Bertz CT molecular complexity index is 687. The highest BCUT2D eigenvalue weighted by atomic mass is 32.1. The van der Waals surface area contributed by atoms with Crippen molar-refractivity contribution in [2.75, 3.05) is 25.0 Å². The van der Waals surface area contributed by atoms with Crippen LogP contribution in [0.4, 0.5) is 5.13 Å². The van der Waals surface area contributed by atoms with Crippen molar-refractivity contribution in [3.05, 3.63) is 10.9 Å². The molecule has 0 radical (unpaired) electrons. The van der Waals surface area contributed by atoms with Crippen LogP contribution in [0.2, 0.25) is 0 Å². The number of fused-ring (bicyclic) bond motifs is 1. The van der Waals surface area contributed by atoms with Gasteiger partial charge in [-0.3, -0.25) is 4.79 Å². The number of rotatable bonds is 4. The molecule has 3 rings (SSSR count). The summed E-state index contributed by atoms with van der Waals surface area (Å²) in [5, 5.41) is 10.0. The minimum absolute atomic E-state index is 0.271. The predicted octanol–water partition coefficient (Wildman–Crippen LogP) is 2.50. The molecule has 0 aromatic carbocycles. The van der Waals surface area contributed by atoms with E-state index in [0.717, 1.165) is 27.8 Å². The molecule has 1 unspecified atom stereocenters. The van der Waals surface area contributed by atoms with Crippen molar-refractivity contribution in [2.24, 2.45) is 0 Å². The molecule has 2 aromatic heterocycles. The molecule has 1 fully saturated rings. The zero-order valence-electron chi connectivity index (χ0n) is 12.4. The summed E-state index contributed by atoms with van der Waals surface area (Å²) in [6.45, 7) is 3.59. The van der Waals surface area contributed by atoms with Crippen molar-refractivity contribution in [1.82, 2.24) is 9.88 Å². The molecule has 118 valence electrons. The molecular weight excluding hydrogens is 322 g/mol. The van der Waals surface area contributed by atoms with Crippen molar-refractivity contribution in [2.45, 2.75) is 25.8 Å². The second-order valence-electron chi connectivity index (χ2n) is 5.40. The number of nitrogens with zero attached hydrogens (tertiary/aromatic N) is 3. The molecule has 1 atom stereocenters. The summed E-state index contributed by atoms with van der Waals surface area (Å²) in [5.41, 5.74) is 0. The van der Waals surface area contributed by atoms with Crippen LogP contribution in [0.15, 0.2) is 6.07 Å². The Hall–Kier alpha value is -1.67. The molecule has 1 N–H and O–H groups in total. The maximum absolute atomic E-state index is 12.3. The molecule has 8 heteroatoms. The number of likely N-dealkylation sites (N-methyl/N-ethyl adjacent to an activating group) is 1. The van der Waals surface area contributed by atoms with Gasteiger partial charge < -0.3 is 14.9 Å². The summed E-state index contributed by atoms with van der Waals surface area (Å²) >= 11 is 2.93. The van der Waals surface area contributed by atoms with Gasteiger partial charge in [0.25, 0.3) is 5.91 Å². The van der Waals surface area contributed by atoms with E-state index >= 15 is 0 Å². The molecule has 1 saturated heterocycles. The number of aliphatic carboxylic acids is 1. The van der Waals surface area contributed by atoms with Crippen molar-refractivity contribution >= 4 is 49.2 Å². The molecule has 0 bridgehead atoms. The van der Waals surface area contributed by atoms with Crippen LogP contribution in [0, 0.1) is 0 Å². The Morgan fingerprint density at radius 2 is 2.05 bits per heavy atom. The molecule has 1 aliphatic rings. The number of aromatic nitrogens is 1. The fourth-order valence-electron chi connectivity index (χ4n) is 2.39. The fraction of sp³-hybridized carbons (Fsp3) is 0.500. The lowest BCUT2D eigenvalue weighted by atomic mass is 10.3. The molecule has 3 heterocycles. The highest BCUT2D eigenvalue weighted by Crippen LogP contribution is 2.36. The van der Waals surface area contributed by atoms with Crippen LogP contribution in [0.5, 0.6) is 0 Å². The quantitative estimate of drug-likeness (QED) is 0.926. The van der Waals surface area contributed by atoms with E-state index in [2.05, 4.69) is 9.88 Å². The van der Waals surface area contributed by atoms with Crippen LogP contribution < -0.4 is 4.90 Å². The van der Waals surface area contributed by atoms with Gasteiger partial charge in [0, 0.05) is 20.1 Å². The summed E-state index contributed by atoms with van der Waals surface area (Å²) in [6.07, 6.45) is 2.41. The van der Waals surface area contributed by atoms with Crippen molar-refractivity contribution < 1.29 is 14.7 Å². The van der Waals surface area contributed by atoms with Gasteiger partial charge in [-0.2, -0.15) is 0 Å². The zero-order valence-corrected chi connectivity index (χ0v) is 14.0. The summed E-state index contributed by atoms with van der Waals surface area (Å²) in [7, 11) is 1.51. The van der Waals surface area contributed by atoms with E-state index in [1.54, 1.807) is 11.3 Å². The molecule has 0 aliphatic carbocycles. The number of amides is 1. The minimum Gasteiger partial charge on any atom is -0.480 e. The standard InChI is InChI=1S/C14H17N3O3S2/c1-8(13(19)20)16(2)12(18)10-7-9-11(21-10)15-14(22-9)17-5-3-4-6-17/h7-8H,3-6H2,1-2H3,(H,19,20). The van der Waals surface area contributed by atoms with Gasteiger partial charge in [0.05, 0.1) is 9.58 Å². The molecule has 2 aromatic rings. The third-order valence-electron chi connectivity index (χ3n) is 3.92. The van der Waals surface area contributed by atoms with Crippen LogP contribution in [0.25, 0.3) is 9.53 Å². The number of carboxylic acid groups (broad SMARTS) is 1. The smallest absolute Gasteiger partial charge is 0.326 e. The van der Waals surface area contributed by atoms with Crippen molar-refractivity contribution in [3.8, 4) is 0 Å². The number of carbonyl (C=O) groups excluding carboxylic acids is 1. The number of hydrogen-bond donors (Lipinski definition) is 1. The van der Waals surface area contributed by atoms with E-state index in [4.69, 9.17) is 5.11 Å². The average molecular weight is 339 g/mol. The first-order valence-corrected chi connectivity index (χ1v) is 8.76. The van der Waals surface area contributed by atoms with Crippen LogP contribution in [-0.2, 0) is 4.79 Å². The van der Waals surface area contributed by atoms with E-state index in [1.165, 1.54) is 43.0 Å². The topological polar surface area (TPSA) is 73.7 Å². The summed E-state index contributed by atoms with van der Waals surface area (Å²) in [6, 6.07) is 0.978. The first-order chi connectivity index (χ1) is 10.5.